The molecule has 0 saturated heterocycles. The van der Waals surface area contributed by atoms with Crippen molar-refractivity contribution in [1.29, 1.82) is 5.26 Å². The zero-order chi connectivity index (χ0) is 24.6. The molecule has 5 nitrogen and oxygen atoms in total. The Hall–Kier alpha value is -4.08. The molecule has 0 bridgehead atoms. The fourth-order valence-corrected chi connectivity index (χ4v) is 4.70. The number of esters is 1. The van der Waals surface area contributed by atoms with E-state index in [1.165, 1.54) is 11.8 Å². The van der Waals surface area contributed by atoms with Crippen LogP contribution in [0, 0.1) is 11.3 Å². The smallest absolute Gasteiger partial charge is 0.338 e. The Kier molecular flexibility index (Phi) is 7.81. The van der Waals surface area contributed by atoms with Gasteiger partial charge in [-0.15, -0.1) is 11.8 Å². The highest BCUT2D eigenvalue weighted by atomic mass is 32.2. The molecule has 0 radical (unpaired) electrons. The molecule has 0 saturated carbocycles. The average Bonchev–Trinajstić information content (AvgIpc) is 2.92. The van der Waals surface area contributed by atoms with Gasteiger partial charge < -0.3 is 9.47 Å². The summed E-state index contributed by atoms with van der Waals surface area (Å²) < 4.78 is 10.5. The molecular formula is C29H24N2O3S. The molecule has 0 N–H and O–H groups in total. The molecule has 0 aliphatic carbocycles. The lowest BCUT2D eigenvalue weighted by atomic mass is 9.99. The van der Waals surface area contributed by atoms with Gasteiger partial charge in [-0.1, -0.05) is 60.7 Å². The Labute approximate surface area is 209 Å². The predicted octanol–water partition coefficient (Wildman–Crippen LogP) is 6.76. The van der Waals surface area contributed by atoms with E-state index < -0.39 is 0 Å². The number of thioether (sulfide) groups is 1. The number of methoxy groups -OCH3 is 1. The van der Waals surface area contributed by atoms with E-state index in [9.17, 15) is 10.1 Å². The summed E-state index contributed by atoms with van der Waals surface area (Å²) in [5.74, 6) is 0.862. The lowest BCUT2D eigenvalue weighted by Gasteiger charge is -2.14. The number of benzene rings is 3. The van der Waals surface area contributed by atoms with Crippen LogP contribution >= 0.6 is 11.8 Å². The largest absolute Gasteiger partial charge is 0.497 e. The normalized spacial score (nSPS) is 10.4. The van der Waals surface area contributed by atoms with Crippen LogP contribution in [0.15, 0.2) is 90.0 Å². The van der Waals surface area contributed by atoms with Crippen molar-refractivity contribution in [3.05, 3.63) is 102 Å². The van der Waals surface area contributed by atoms with Gasteiger partial charge in [-0.25, -0.2) is 9.78 Å². The molecule has 0 aliphatic rings. The van der Waals surface area contributed by atoms with E-state index in [0.717, 1.165) is 33.7 Å². The summed E-state index contributed by atoms with van der Waals surface area (Å²) in [6.45, 7) is 2.10. The van der Waals surface area contributed by atoms with Gasteiger partial charge in [0.25, 0.3) is 0 Å². The highest BCUT2D eigenvalue weighted by molar-refractivity contribution is 7.98. The van der Waals surface area contributed by atoms with Gasteiger partial charge in [-0.2, -0.15) is 5.26 Å². The van der Waals surface area contributed by atoms with Crippen LogP contribution in [0.25, 0.3) is 22.4 Å². The fraction of sp³-hybridized carbons (Fsp3) is 0.138. The van der Waals surface area contributed by atoms with Crippen molar-refractivity contribution in [3.63, 3.8) is 0 Å². The summed E-state index contributed by atoms with van der Waals surface area (Å²) in [5.41, 5.74) is 5.28. The maximum atomic E-state index is 12.4. The van der Waals surface area contributed by atoms with Crippen molar-refractivity contribution in [2.24, 2.45) is 0 Å². The number of nitrogens with zero attached hydrogens (tertiary/aromatic N) is 2. The molecule has 4 aromatic rings. The standard InChI is InChI=1S/C29H24N2O3S/c1-3-34-29(32)24-12-8-7-11-22(24)19-35-28-26(18-30)25(20-13-15-23(33-2)16-14-20)17-27(31-28)21-9-5-4-6-10-21/h4-17H,3,19H2,1-2H3. The maximum Gasteiger partial charge on any atom is 0.338 e. The SMILES string of the molecule is CCOC(=O)c1ccccc1CSc1nc(-c2ccccc2)cc(-c2ccc(OC)cc2)c1C#N. The number of hydrogen-bond acceptors (Lipinski definition) is 6. The molecule has 1 heterocycles. The molecule has 3 aromatic carbocycles. The van der Waals surface area contributed by atoms with Gasteiger partial charge >= 0.3 is 5.97 Å². The zero-order valence-electron chi connectivity index (χ0n) is 19.5. The van der Waals surface area contributed by atoms with Gasteiger partial charge in [0.05, 0.1) is 30.5 Å². The summed E-state index contributed by atoms with van der Waals surface area (Å²) in [6, 6.07) is 29.2. The molecule has 0 aliphatic heterocycles. The predicted molar refractivity (Wildman–Crippen MR) is 138 cm³/mol. The van der Waals surface area contributed by atoms with E-state index in [1.807, 2.05) is 78.9 Å². The van der Waals surface area contributed by atoms with E-state index >= 15 is 0 Å². The second-order valence-electron chi connectivity index (χ2n) is 7.61. The van der Waals surface area contributed by atoms with E-state index in [1.54, 1.807) is 20.1 Å². The molecule has 4 rings (SSSR count). The number of aromatic nitrogens is 1. The second-order valence-corrected chi connectivity index (χ2v) is 8.57. The average molecular weight is 481 g/mol. The van der Waals surface area contributed by atoms with E-state index in [2.05, 4.69) is 6.07 Å². The van der Waals surface area contributed by atoms with Crippen molar-refractivity contribution < 1.29 is 14.3 Å². The monoisotopic (exact) mass is 480 g/mol. The van der Waals surface area contributed by atoms with Crippen LogP contribution in [0.3, 0.4) is 0 Å². The number of carbonyl (C=O) groups is 1. The Balaban J connectivity index is 1.78. The minimum Gasteiger partial charge on any atom is -0.497 e. The molecule has 1 aromatic heterocycles. The number of ether oxygens (including phenoxy) is 2. The summed E-state index contributed by atoms with van der Waals surface area (Å²) in [6.07, 6.45) is 0. The van der Waals surface area contributed by atoms with Crippen LogP contribution in [0.1, 0.15) is 28.4 Å². The molecule has 35 heavy (non-hydrogen) atoms. The molecule has 174 valence electrons. The van der Waals surface area contributed by atoms with Gasteiger partial charge in [-0.05, 0) is 42.3 Å². The number of carbonyl (C=O) groups excluding carboxylic acids is 1. The van der Waals surface area contributed by atoms with Crippen molar-refractivity contribution in [3.8, 4) is 34.2 Å². The minimum atomic E-state index is -0.353. The van der Waals surface area contributed by atoms with Crippen LogP contribution in [0.4, 0.5) is 0 Å². The number of rotatable bonds is 8. The Bertz CT molecular complexity index is 1360. The first-order valence-electron chi connectivity index (χ1n) is 11.2. The first-order chi connectivity index (χ1) is 17.1. The molecule has 0 atom stereocenters. The van der Waals surface area contributed by atoms with Crippen molar-refractivity contribution in [2.45, 2.75) is 17.7 Å². The lowest BCUT2D eigenvalue weighted by Crippen LogP contribution is -2.07. The van der Waals surface area contributed by atoms with Crippen LogP contribution in [-0.2, 0) is 10.5 Å². The summed E-state index contributed by atoms with van der Waals surface area (Å²) in [4.78, 5) is 17.3. The Morgan fingerprint density at radius 2 is 1.69 bits per heavy atom. The highest BCUT2D eigenvalue weighted by Gasteiger charge is 2.18. The van der Waals surface area contributed by atoms with Crippen molar-refractivity contribution >= 4 is 17.7 Å². The number of pyridine rings is 1. The third-order valence-corrected chi connectivity index (χ3v) is 6.47. The number of nitriles is 1. The highest BCUT2D eigenvalue weighted by Crippen LogP contribution is 2.36. The quantitative estimate of drug-likeness (QED) is 0.205. The van der Waals surface area contributed by atoms with Crippen molar-refractivity contribution in [1.82, 2.24) is 4.98 Å². The third-order valence-electron chi connectivity index (χ3n) is 5.45. The third kappa shape index (κ3) is 5.53. The van der Waals surface area contributed by atoms with Crippen LogP contribution in [-0.4, -0.2) is 24.7 Å². The van der Waals surface area contributed by atoms with Crippen molar-refractivity contribution in [2.75, 3.05) is 13.7 Å². The van der Waals surface area contributed by atoms with Gasteiger partial charge in [0.15, 0.2) is 0 Å². The fourth-order valence-electron chi connectivity index (χ4n) is 3.69. The molecule has 0 spiro atoms. The minimum absolute atomic E-state index is 0.310. The molecular weight excluding hydrogens is 456 g/mol. The lowest BCUT2D eigenvalue weighted by molar-refractivity contribution is 0.0525. The summed E-state index contributed by atoms with van der Waals surface area (Å²) in [7, 11) is 1.62. The first-order valence-corrected chi connectivity index (χ1v) is 12.2. The van der Waals surface area contributed by atoms with Crippen LogP contribution in [0.2, 0.25) is 0 Å². The molecule has 0 fully saturated rings. The first kappa shape index (κ1) is 24.1. The van der Waals surface area contributed by atoms with Gasteiger partial charge in [0.1, 0.15) is 16.8 Å². The maximum absolute atomic E-state index is 12.4. The van der Waals surface area contributed by atoms with Gasteiger partial charge in [0, 0.05) is 16.9 Å². The second kappa shape index (κ2) is 11.4. The van der Waals surface area contributed by atoms with Crippen LogP contribution < -0.4 is 4.74 Å². The molecule has 0 unspecified atom stereocenters. The zero-order valence-corrected chi connectivity index (χ0v) is 20.3. The topological polar surface area (TPSA) is 72.2 Å². The summed E-state index contributed by atoms with van der Waals surface area (Å²) in [5, 5.41) is 10.7. The van der Waals surface area contributed by atoms with Gasteiger partial charge in [0.2, 0.25) is 0 Å². The summed E-state index contributed by atoms with van der Waals surface area (Å²) >= 11 is 1.43. The Morgan fingerprint density at radius 3 is 2.37 bits per heavy atom. The number of hydrogen-bond donors (Lipinski definition) is 0. The van der Waals surface area contributed by atoms with Crippen LogP contribution in [0.5, 0.6) is 5.75 Å². The molecule has 6 heteroatoms. The molecule has 0 amide bonds. The van der Waals surface area contributed by atoms with E-state index in [0.29, 0.717) is 28.5 Å². The Morgan fingerprint density at radius 1 is 0.971 bits per heavy atom. The van der Waals surface area contributed by atoms with E-state index in [4.69, 9.17) is 14.5 Å². The van der Waals surface area contributed by atoms with Gasteiger partial charge in [-0.3, -0.25) is 0 Å². The van der Waals surface area contributed by atoms with E-state index in [-0.39, 0.29) is 5.97 Å².